The lowest BCUT2D eigenvalue weighted by molar-refractivity contribution is -0.128. The first-order chi connectivity index (χ1) is 13.5. The zero-order valence-electron chi connectivity index (χ0n) is 18.1. The summed E-state index contributed by atoms with van der Waals surface area (Å²) in [5.41, 5.74) is 1.27. The molecule has 0 radical (unpaired) electrons. The van der Waals surface area contributed by atoms with Gasteiger partial charge in [0.25, 0.3) is 0 Å². The van der Waals surface area contributed by atoms with Gasteiger partial charge in [0.1, 0.15) is 5.75 Å². The minimum absolute atomic E-state index is 0. The molecule has 1 fully saturated rings. The Labute approximate surface area is 192 Å². The van der Waals surface area contributed by atoms with Gasteiger partial charge in [0.2, 0.25) is 5.91 Å². The first kappa shape index (κ1) is 25.5. The van der Waals surface area contributed by atoms with E-state index in [1.165, 1.54) is 24.8 Å². The largest absolute Gasteiger partial charge is 0.497 e. The van der Waals surface area contributed by atoms with Crippen LogP contribution < -0.4 is 15.4 Å². The predicted molar refractivity (Wildman–Crippen MR) is 129 cm³/mol. The molecule has 0 aromatic heterocycles. The lowest BCUT2D eigenvalue weighted by Gasteiger charge is -2.35. The Hall–Kier alpha value is -1.55. The van der Waals surface area contributed by atoms with Crippen LogP contribution in [0.4, 0.5) is 0 Å². The van der Waals surface area contributed by atoms with E-state index in [4.69, 9.17) is 4.74 Å². The molecule has 1 aliphatic heterocycles. The van der Waals surface area contributed by atoms with Crippen molar-refractivity contribution in [3.63, 3.8) is 0 Å². The van der Waals surface area contributed by atoms with E-state index in [2.05, 4.69) is 32.7 Å². The highest BCUT2D eigenvalue weighted by Crippen LogP contribution is 2.25. The van der Waals surface area contributed by atoms with Gasteiger partial charge in [0, 0.05) is 40.7 Å². The number of nitrogens with zero attached hydrogens (tertiary/aromatic N) is 3. The normalized spacial score (nSPS) is 15.8. The third-order valence-corrected chi connectivity index (χ3v) is 5.15. The topological polar surface area (TPSA) is 69.2 Å². The summed E-state index contributed by atoms with van der Waals surface area (Å²) in [6, 6.07) is 8.60. The highest BCUT2D eigenvalue weighted by Gasteiger charge is 2.22. The Morgan fingerprint density at radius 1 is 1.17 bits per heavy atom. The van der Waals surface area contributed by atoms with Crippen molar-refractivity contribution in [3.8, 4) is 5.75 Å². The van der Waals surface area contributed by atoms with E-state index < -0.39 is 0 Å². The molecule has 1 atom stereocenters. The molecular weight excluding hydrogens is 481 g/mol. The van der Waals surface area contributed by atoms with E-state index in [1.807, 2.05) is 12.1 Å². The summed E-state index contributed by atoms with van der Waals surface area (Å²) >= 11 is 0. The maximum absolute atomic E-state index is 11.7. The third kappa shape index (κ3) is 8.38. The van der Waals surface area contributed by atoms with Gasteiger partial charge in [-0.05, 0) is 43.6 Å². The van der Waals surface area contributed by atoms with Gasteiger partial charge in [0.15, 0.2) is 5.96 Å². The first-order valence-electron chi connectivity index (χ1n) is 10.1. The number of carbonyl (C=O) groups is 1. The standard InChI is InChI=1S/C21H35N5O2.HI/c1-22-21(23-13-12-20(27)25(2)3)24-16-19(26-14-6-5-7-15-26)17-8-10-18(28-4)11-9-17;/h8-11,19H,5-7,12-16H2,1-4H3,(H2,22,23,24);1H. The Morgan fingerprint density at radius 2 is 1.83 bits per heavy atom. The molecule has 0 bridgehead atoms. The van der Waals surface area contributed by atoms with E-state index >= 15 is 0 Å². The van der Waals surface area contributed by atoms with Crippen molar-refractivity contribution in [2.75, 3.05) is 54.4 Å². The number of aliphatic imine (C=N–C) groups is 1. The molecule has 1 unspecified atom stereocenters. The monoisotopic (exact) mass is 517 g/mol. The van der Waals surface area contributed by atoms with Crippen LogP contribution in [-0.4, -0.2) is 76.1 Å². The Balaban J connectivity index is 0.00000420. The SMILES string of the molecule is CN=C(NCCC(=O)N(C)C)NCC(c1ccc(OC)cc1)N1CCCCC1.I. The van der Waals surface area contributed by atoms with Gasteiger partial charge in [-0.3, -0.25) is 14.7 Å². The predicted octanol–water partition coefficient (Wildman–Crippen LogP) is 2.48. The molecule has 1 heterocycles. The van der Waals surface area contributed by atoms with Crippen molar-refractivity contribution in [3.05, 3.63) is 29.8 Å². The lowest BCUT2D eigenvalue weighted by Crippen LogP contribution is -2.45. The van der Waals surface area contributed by atoms with E-state index in [0.717, 1.165) is 31.3 Å². The molecule has 0 aliphatic carbocycles. The molecule has 2 N–H and O–H groups in total. The maximum Gasteiger partial charge on any atom is 0.223 e. The van der Waals surface area contributed by atoms with Crippen LogP contribution in [0.1, 0.15) is 37.3 Å². The number of hydrogen-bond donors (Lipinski definition) is 2. The number of methoxy groups -OCH3 is 1. The Bertz CT molecular complexity index is 630. The summed E-state index contributed by atoms with van der Waals surface area (Å²) in [6.45, 7) is 3.55. The van der Waals surface area contributed by atoms with Crippen molar-refractivity contribution in [2.24, 2.45) is 4.99 Å². The van der Waals surface area contributed by atoms with Crippen LogP contribution in [-0.2, 0) is 4.79 Å². The summed E-state index contributed by atoms with van der Waals surface area (Å²) in [6.07, 6.45) is 4.24. The number of amides is 1. The van der Waals surface area contributed by atoms with Crippen LogP contribution in [0.2, 0.25) is 0 Å². The Kier molecular flexibility index (Phi) is 12.0. The summed E-state index contributed by atoms with van der Waals surface area (Å²) < 4.78 is 5.30. The lowest BCUT2D eigenvalue weighted by atomic mass is 10.0. The summed E-state index contributed by atoms with van der Waals surface area (Å²) in [5.74, 6) is 1.70. The van der Waals surface area contributed by atoms with E-state index in [-0.39, 0.29) is 35.9 Å². The van der Waals surface area contributed by atoms with E-state index in [0.29, 0.717) is 13.0 Å². The van der Waals surface area contributed by atoms with Crippen molar-refractivity contribution in [1.82, 2.24) is 20.4 Å². The van der Waals surface area contributed by atoms with Crippen LogP contribution in [0.5, 0.6) is 5.75 Å². The Morgan fingerprint density at radius 3 is 2.38 bits per heavy atom. The van der Waals surface area contributed by atoms with Crippen LogP contribution in [0, 0.1) is 0 Å². The second-order valence-electron chi connectivity index (χ2n) is 7.30. The average molecular weight is 517 g/mol. The molecule has 0 spiro atoms. The minimum Gasteiger partial charge on any atom is -0.497 e. The van der Waals surface area contributed by atoms with Gasteiger partial charge in [-0.15, -0.1) is 24.0 Å². The average Bonchev–Trinajstić information content (AvgIpc) is 2.73. The van der Waals surface area contributed by atoms with Crippen LogP contribution in [0.25, 0.3) is 0 Å². The first-order valence-corrected chi connectivity index (χ1v) is 10.1. The smallest absolute Gasteiger partial charge is 0.223 e. The molecule has 1 saturated heterocycles. The molecule has 164 valence electrons. The number of rotatable bonds is 8. The molecule has 0 saturated carbocycles. The third-order valence-electron chi connectivity index (χ3n) is 5.15. The van der Waals surface area contributed by atoms with Gasteiger partial charge in [-0.25, -0.2) is 0 Å². The quantitative estimate of drug-likeness (QED) is 0.315. The molecule has 1 amide bonds. The fourth-order valence-corrected chi connectivity index (χ4v) is 3.44. The number of halogens is 1. The van der Waals surface area contributed by atoms with Crippen LogP contribution in [0.3, 0.4) is 0 Å². The number of carbonyl (C=O) groups excluding carboxylic acids is 1. The molecule has 29 heavy (non-hydrogen) atoms. The summed E-state index contributed by atoms with van der Waals surface area (Å²) in [5, 5.41) is 6.67. The fraction of sp³-hybridized carbons (Fsp3) is 0.619. The number of likely N-dealkylation sites (tertiary alicyclic amines) is 1. The van der Waals surface area contributed by atoms with Gasteiger partial charge in [-0.2, -0.15) is 0 Å². The zero-order valence-corrected chi connectivity index (χ0v) is 20.4. The molecular formula is C21H36IN5O2. The summed E-state index contributed by atoms with van der Waals surface area (Å²) in [7, 11) is 6.99. The molecule has 7 nitrogen and oxygen atoms in total. The second kappa shape index (κ2) is 13.6. The molecule has 1 aliphatic rings. The van der Waals surface area contributed by atoms with E-state index in [1.54, 1.807) is 33.2 Å². The number of guanidine groups is 1. The fourth-order valence-electron chi connectivity index (χ4n) is 3.44. The molecule has 8 heteroatoms. The van der Waals surface area contributed by atoms with Crippen LogP contribution in [0.15, 0.2) is 29.3 Å². The number of benzene rings is 1. The van der Waals surface area contributed by atoms with Gasteiger partial charge in [-0.1, -0.05) is 18.6 Å². The number of nitrogens with one attached hydrogen (secondary N) is 2. The van der Waals surface area contributed by atoms with Crippen molar-refractivity contribution < 1.29 is 9.53 Å². The zero-order chi connectivity index (χ0) is 20.4. The van der Waals surface area contributed by atoms with Gasteiger partial charge >= 0.3 is 0 Å². The highest BCUT2D eigenvalue weighted by molar-refractivity contribution is 14.0. The summed E-state index contributed by atoms with van der Waals surface area (Å²) in [4.78, 5) is 20.2. The van der Waals surface area contributed by atoms with E-state index in [9.17, 15) is 4.79 Å². The number of hydrogen-bond acceptors (Lipinski definition) is 4. The second-order valence-corrected chi connectivity index (χ2v) is 7.30. The molecule has 1 aromatic carbocycles. The van der Waals surface area contributed by atoms with Gasteiger partial charge < -0.3 is 20.3 Å². The highest BCUT2D eigenvalue weighted by atomic mass is 127. The van der Waals surface area contributed by atoms with Crippen molar-refractivity contribution in [1.29, 1.82) is 0 Å². The minimum atomic E-state index is 0. The molecule has 2 rings (SSSR count). The van der Waals surface area contributed by atoms with Gasteiger partial charge in [0.05, 0.1) is 13.2 Å². The number of ether oxygens (including phenoxy) is 1. The molecule has 1 aromatic rings. The van der Waals surface area contributed by atoms with Crippen molar-refractivity contribution >= 4 is 35.8 Å². The maximum atomic E-state index is 11.7. The van der Waals surface area contributed by atoms with Crippen LogP contribution >= 0.6 is 24.0 Å². The van der Waals surface area contributed by atoms with Crippen molar-refractivity contribution in [2.45, 2.75) is 31.7 Å². The number of piperidine rings is 1.